The highest BCUT2D eigenvalue weighted by molar-refractivity contribution is 4.71. The average molecular weight is 515 g/mol. The Kier molecular flexibility index (Phi) is 42.1. The van der Waals surface area contributed by atoms with Crippen LogP contribution in [0.2, 0.25) is 0 Å². The maximum atomic E-state index is 2.43. The molecular formula is C36H82. The Labute approximate surface area is 236 Å². The monoisotopic (exact) mass is 515 g/mol. The van der Waals surface area contributed by atoms with E-state index in [-0.39, 0.29) is 14.9 Å². The van der Waals surface area contributed by atoms with Crippen molar-refractivity contribution < 1.29 is 0 Å². The molecule has 0 heterocycles. The topological polar surface area (TPSA) is 0 Å². The van der Waals surface area contributed by atoms with Gasteiger partial charge in [0.1, 0.15) is 0 Å². The molecule has 0 fully saturated rings. The van der Waals surface area contributed by atoms with Gasteiger partial charge in [0.05, 0.1) is 0 Å². The van der Waals surface area contributed by atoms with Crippen LogP contribution in [-0.4, -0.2) is 0 Å². The standard InChI is InChI=1S/C12H26.2C11H24.2CH4/c1-5-8-9-10-11-12(4,6-2)7-3;1-5-8-9-10-11(4,6-2)7-3;1-4-6-7-8-9-10-11(3)5-2;;/h5-11H2,1-4H3;5-10H2,1-4H3;11H,4-10H2,1-3H3;2*1H4. The molecule has 0 amide bonds. The molecule has 0 bridgehead atoms. The van der Waals surface area contributed by atoms with Gasteiger partial charge in [-0.2, -0.15) is 0 Å². The van der Waals surface area contributed by atoms with Gasteiger partial charge in [-0.25, -0.2) is 0 Å². The van der Waals surface area contributed by atoms with Crippen LogP contribution >= 0.6 is 0 Å². The van der Waals surface area contributed by atoms with Crippen molar-refractivity contribution >= 4 is 0 Å². The predicted molar refractivity (Wildman–Crippen MR) is 177 cm³/mol. The molecule has 0 aromatic carbocycles. The zero-order valence-corrected chi connectivity index (χ0v) is 26.7. The zero-order valence-electron chi connectivity index (χ0n) is 26.7. The van der Waals surface area contributed by atoms with Crippen molar-refractivity contribution in [2.24, 2.45) is 16.7 Å². The summed E-state index contributed by atoms with van der Waals surface area (Å²) >= 11 is 0. The molecule has 0 saturated carbocycles. The number of hydrogen-bond donors (Lipinski definition) is 0. The normalized spacial score (nSPS) is 11.8. The molecular weight excluding hydrogens is 432 g/mol. The van der Waals surface area contributed by atoms with E-state index >= 15 is 0 Å². The molecule has 0 radical (unpaired) electrons. The van der Waals surface area contributed by atoms with Gasteiger partial charge in [0, 0.05) is 0 Å². The highest BCUT2D eigenvalue weighted by Gasteiger charge is 2.18. The summed E-state index contributed by atoms with van der Waals surface area (Å²) in [6, 6.07) is 0. The number of unbranched alkanes of at least 4 members (excludes halogenated alkanes) is 9. The van der Waals surface area contributed by atoms with Gasteiger partial charge in [0.2, 0.25) is 0 Å². The van der Waals surface area contributed by atoms with E-state index in [0.717, 1.165) is 5.92 Å². The van der Waals surface area contributed by atoms with Gasteiger partial charge < -0.3 is 0 Å². The molecule has 0 heteroatoms. The summed E-state index contributed by atoms with van der Waals surface area (Å²) in [4.78, 5) is 0. The maximum Gasteiger partial charge on any atom is -0.0331 e. The molecule has 0 aromatic heterocycles. The lowest BCUT2D eigenvalue weighted by atomic mass is 9.80. The van der Waals surface area contributed by atoms with Crippen molar-refractivity contribution in [3.05, 3.63) is 0 Å². The Morgan fingerprint density at radius 2 is 0.750 bits per heavy atom. The maximum absolute atomic E-state index is 2.43. The van der Waals surface area contributed by atoms with E-state index in [4.69, 9.17) is 0 Å². The highest BCUT2D eigenvalue weighted by Crippen LogP contribution is 2.32. The third-order valence-electron chi connectivity index (χ3n) is 8.93. The first-order valence-electron chi connectivity index (χ1n) is 16.2. The van der Waals surface area contributed by atoms with Crippen molar-refractivity contribution in [2.75, 3.05) is 0 Å². The minimum Gasteiger partial charge on any atom is -0.0776 e. The Morgan fingerprint density at radius 3 is 1.08 bits per heavy atom. The smallest absolute Gasteiger partial charge is 0.0331 e. The van der Waals surface area contributed by atoms with E-state index in [2.05, 4.69) is 76.2 Å². The lowest BCUT2D eigenvalue weighted by molar-refractivity contribution is 0.262. The van der Waals surface area contributed by atoms with Crippen molar-refractivity contribution in [3.8, 4) is 0 Å². The van der Waals surface area contributed by atoms with Crippen LogP contribution in [0.5, 0.6) is 0 Å². The average Bonchev–Trinajstić information content (AvgIpc) is 2.87. The summed E-state index contributed by atoms with van der Waals surface area (Å²) in [6.07, 6.45) is 28.0. The first-order valence-corrected chi connectivity index (χ1v) is 16.2. The van der Waals surface area contributed by atoms with Crippen LogP contribution in [0.15, 0.2) is 0 Å². The molecule has 0 aliphatic carbocycles. The van der Waals surface area contributed by atoms with Gasteiger partial charge in [-0.3, -0.25) is 0 Å². The Bertz CT molecular complexity index is 347. The van der Waals surface area contributed by atoms with Crippen LogP contribution in [0.25, 0.3) is 0 Å². The molecule has 0 spiro atoms. The summed E-state index contributed by atoms with van der Waals surface area (Å²) in [5.41, 5.74) is 1.27. The number of rotatable bonds is 20. The van der Waals surface area contributed by atoms with Crippen molar-refractivity contribution in [1.29, 1.82) is 0 Å². The van der Waals surface area contributed by atoms with E-state index in [1.165, 1.54) is 128 Å². The summed E-state index contributed by atoms with van der Waals surface area (Å²) in [7, 11) is 0. The predicted octanol–water partition coefficient (Wildman–Crippen LogP) is 14.8. The summed E-state index contributed by atoms with van der Waals surface area (Å²) in [6.45, 7) is 25.6. The van der Waals surface area contributed by atoms with Crippen molar-refractivity contribution in [2.45, 2.75) is 219 Å². The first-order chi connectivity index (χ1) is 16.2. The van der Waals surface area contributed by atoms with Crippen LogP contribution in [0.1, 0.15) is 219 Å². The van der Waals surface area contributed by atoms with Gasteiger partial charge in [-0.05, 0) is 29.6 Å². The Balaban J connectivity index is -0.000000130. The molecule has 0 aliphatic rings. The van der Waals surface area contributed by atoms with Gasteiger partial charge in [0.25, 0.3) is 0 Å². The van der Waals surface area contributed by atoms with E-state index in [1.807, 2.05) is 0 Å². The highest BCUT2D eigenvalue weighted by atomic mass is 14.2. The Morgan fingerprint density at radius 1 is 0.444 bits per heavy atom. The fourth-order valence-electron chi connectivity index (χ4n) is 4.29. The van der Waals surface area contributed by atoms with Crippen LogP contribution in [0.4, 0.5) is 0 Å². The van der Waals surface area contributed by atoms with E-state index in [9.17, 15) is 0 Å². The first kappa shape index (κ1) is 45.9. The van der Waals surface area contributed by atoms with Gasteiger partial charge in [0.15, 0.2) is 0 Å². The second-order valence-corrected chi connectivity index (χ2v) is 12.0. The molecule has 1 atom stereocenters. The van der Waals surface area contributed by atoms with Crippen LogP contribution in [0, 0.1) is 16.7 Å². The van der Waals surface area contributed by atoms with Crippen molar-refractivity contribution in [3.63, 3.8) is 0 Å². The molecule has 36 heavy (non-hydrogen) atoms. The Hall–Kier alpha value is 0. The molecule has 0 aromatic rings. The summed E-state index contributed by atoms with van der Waals surface area (Å²) in [5.74, 6) is 0.955. The third kappa shape index (κ3) is 32.0. The second kappa shape index (κ2) is 33.0. The largest absolute Gasteiger partial charge is 0.0776 e. The van der Waals surface area contributed by atoms with Gasteiger partial charge in [-0.15, -0.1) is 0 Å². The molecule has 0 N–H and O–H groups in total. The third-order valence-corrected chi connectivity index (χ3v) is 8.93. The molecule has 0 saturated heterocycles. The lowest BCUT2D eigenvalue weighted by Crippen LogP contribution is -2.13. The second-order valence-electron chi connectivity index (χ2n) is 12.0. The van der Waals surface area contributed by atoms with Gasteiger partial charge >= 0.3 is 0 Å². The SMILES string of the molecule is C.C.CCCCCC(C)(CC)CC.CCCCCCC(C)(CC)CC.CCCCCCCC(C)CC. The summed E-state index contributed by atoms with van der Waals surface area (Å²) < 4.78 is 0. The molecule has 1 unspecified atom stereocenters. The molecule has 0 rings (SSSR count). The fourth-order valence-corrected chi connectivity index (χ4v) is 4.29. The van der Waals surface area contributed by atoms with E-state index in [0.29, 0.717) is 10.8 Å². The summed E-state index contributed by atoms with van der Waals surface area (Å²) in [5, 5.41) is 0. The van der Waals surface area contributed by atoms with Gasteiger partial charge in [-0.1, -0.05) is 207 Å². The van der Waals surface area contributed by atoms with E-state index < -0.39 is 0 Å². The lowest BCUT2D eigenvalue weighted by Gasteiger charge is -2.26. The molecule has 0 aliphatic heterocycles. The zero-order chi connectivity index (χ0) is 26.7. The minimum atomic E-state index is 0. The fraction of sp³-hybridized carbons (Fsp3) is 1.00. The molecule has 226 valence electrons. The van der Waals surface area contributed by atoms with Crippen LogP contribution < -0.4 is 0 Å². The van der Waals surface area contributed by atoms with E-state index in [1.54, 1.807) is 0 Å². The van der Waals surface area contributed by atoms with Crippen LogP contribution in [0.3, 0.4) is 0 Å². The molecule has 0 nitrogen and oxygen atoms in total. The number of hydrogen-bond acceptors (Lipinski definition) is 0. The quantitative estimate of drug-likeness (QED) is 0.142. The minimum absolute atomic E-state index is 0. The van der Waals surface area contributed by atoms with Crippen LogP contribution in [-0.2, 0) is 0 Å². The van der Waals surface area contributed by atoms with Crippen molar-refractivity contribution in [1.82, 2.24) is 0 Å².